The standard InChI is InChI=1S/C19H25N3O4S/c1-13(2)25-10-16-6-4-15(5-7-16)9-20-18(23)11-27-12-19(24)21-17-8-14(3)26-22-17/h4-8,13H,9-12H2,1-3H3,(H,20,23)(H,21,22,24). The molecule has 0 fully saturated rings. The van der Waals surface area contributed by atoms with E-state index in [1.807, 2.05) is 38.1 Å². The topological polar surface area (TPSA) is 93.5 Å². The van der Waals surface area contributed by atoms with Gasteiger partial charge in [-0.3, -0.25) is 9.59 Å². The second-order valence-electron chi connectivity index (χ2n) is 6.32. The Kier molecular flexibility index (Phi) is 8.35. The van der Waals surface area contributed by atoms with E-state index in [9.17, 15) is 9.59 Å². The number of carbonyl (C=O) groups is 2. The molecule has 0 atom stereocenters. The molecule has 1 heterocycles. The number of thioether (sulfide) groups is 1. The molecule has 0 saturated carbocycles. The van der Waals surface area contributed by atoms with Crippen LogP contribution in [0.25, 0.3) is 0 Å². The van der Waals surface area contributed by atoms with Crippen LogP contribution >= 0.6 is 11.8 Å². The molecule has 0 aliphatic rings. The van der Waals surface area contributed by atoms with Crippen molar-refractivity contribution < 1.29 is 18.8 Å². The molecule has 1 aromatic heterocycles. The normalized spacial score (nSPS) is 10.8. The molecule has 8 heteroatoms. The van der Waals surface area contributed by atoms with E-state index in [-0.39, 0.29) is 29.4 Å². The number of carbonyl (C=O) groups excluding carboxylic acids is 2. The molecule has 146 valence electrons. The van der Waals surface area contributed by atoms with Gasteiger partial charge in [-0.15, -0.1) is 11.8 Å². The molecular weight excluding hydrogens is 366 g/mol. The Bertz CT molecular complexity index is 744. The highest BCUT2D eigenvalue weighted by Gasteiger charge is 2.08. The number of benzene rings is 1. The molecule has 1 aromatic carbocycles. The van der Waals surface area contributed by atoms with Crippen molar-refractivity contribution in [3.8, 4) is 0 Å². The Labute approximate surface area is 163 Å². The first-order valence-corrected chi connectivity index (χ1v) is 9.85. The number of hydrogen-bond acceptors (Lipinski definition) is 6. The number of aryl methyl sites for hydroxylation is 1. The maximum absolute atomic E-state index is 11.9. The highest BCUT2D eigenvalue weighted by Crippen LogP contribution is 2.09. The Hall–Kier alpha value is -2.32. The van der Waals surface area contributed by atoms with Crippen molar-refractivity contribution in [1.82, 2.24) is 10.5 Å². The summed E-state index contributed by atoms with van der Waals surface area (Å²) in [5, 5.41) is 9.14. The summed E-state index contributed by atoms with van der Waals surface area (Å²) in [6.45, 7) is 6.78. The molecule has 2 aromatic rings. The van der Waals surface area contributed by atoms with Crippen LogP contribution in [-0.2, 0) is 27.5 Å². The predicted octanol–water partition coefficient (Wildman–Crippen LogP) is 2.90. The smallest absolute Gasteiger partial charge is 0.235 e. The van der Waals surface area contributed by atoms with Crippen molar-refractivity contribution in [2.75, 3.05) is 16.8 Å². The van der Waals surface area contributed by atoms with Crippen molar-refractivity contribution in [3.63, 3.8) is 0 Å². The van der Waals surface area contributed by atoms with Gasteiger partial charge in [-0.2, -0.15) is 0 Å². The maximum atomic E-state index is 11.9. The summed E-state index contributed by atoms with van der Waals surface area (Å²) in [7, 11) is 0. The van der Waals surface area contributed by atoms with Gasteiger partial charge in [0.1, 0.15) is 5.76 Å². The summed E-state index contributed by atoms with van der Waals surface area (Å²) >= 11 is 1.24. The fraction of sp³-hybridized carbons (Fsp3) is 0.421. The summed E-state index contributed by atoms with van der Waals surface area (Å²) in [4.78, 5) is 23.6. The van der Waals surface area contributed by atoms with E-state index in [0.29, 0.717) is 24.7 Å². The van der Waals surface area contributed by atoms with Crippen LogP contribution < -0.4 is 10.6 Å². The molecule has 0 bridgehead atoms. The van der Waals surface area contributed by atoms with Crippen molar-refractivity contribution in [1.29, 1.82) is 0 Å². The second-order valence-corrected chi connectivity index (χ2v) is 7.30. The largest absolute Gasteiger partial charge is 0.374 e. The van der Waals surface area contributed by atoms with E-state index in [0.717, 1.165) is 11.1 Å². The SMILES string of the molecule is Cc1cc(NC(=O)CSCC(=O)NCc2ccc(COC(C)C)cc2)no1. The van der Waals surface area contributed by atoms with Gasteiger partial charge >= 0.3 is 0 Å². The lowest BCUT2D eigenvalue weighted by atomic mass is 10.1. The Morgan fingerprint density at radius 2 is 1.81 bits per heavy atom. The van der Waals surface area contributed by atoms with Gasteiger partial charge < -0.3 is 19.9 Å². The molecule has 0 aliphatic carbocycles. The third-order valence-electron chi connectivity index (χ3n) is 3.46. The number of ether oxygens (including phenoxy) is 1. The minimum Gasteiger partial charge on any atom is -0.374 e. The van der Waals surface area contributed by atoms with Crippen molar-refractivity contribution in [2.45, 2.75) is 40.0 Å². The molecule has 2 amide bonds. The fourth-order valence-electron chi connectivity index (χ4n) is 2.11. The first-order valence-electron chi connectivity index (χ1n) is 8.69. The van der Waals surface area contributed by atoms with Gasteiger partial charge in [0.25, 0.3) is 0 Å². The highest BCUT2D eigenvalue weighted by molar-refractivity contribution is 8.00. The number of aromatic nitrogens is 1. The van der Waals surface area contributed by atoms with Crippen LogP contribution in [0.1, 0.15) is 30.7 Å². The molecule has 0 aliphatic heterocycles. The van der Waals surface area contributed by atoms with Gasteiger partial charge in [0.05, 0.1) is 24.2 Å². The number of amides is 2. The van der Waals surface area contributed by atoms with Crippen LogP contribution in [0.2, 0.25) is 0 Å². The van der Waals surface area contributed by atoms with Crippen molar-refractivity contribution >= 4 is 29.4 Å². The van der Waals surface area contributed by atoms with Gasteiger partial charge in [-0.1, -0.05) is 29.4 Å². The first kappa shape index (κ1) is 21.0. The Morgan fingerprint density at radius 1 is 1.15 bits per heavy atom. The van der Waals surface area contributed by atoms with Crippen LogP contribution in [0.15, 0.2) is 34.9 Å². The van der Waals surface area contributed by atoms with Crippen molar-refractivity contribution in [3.05, 3.63) is 47.2 Å². The van der Waals surface area contributed by atoms with E-state index in [1.165, 1.54) is 11.8 Å². The van der Waals surface area contributed by atoms with Gasteiger partial charge in [-0.25, -0.2) is 0 Å². The summed E-state index contributed by atoms with van der Waals surface area (Å²) in [5.41, 5.74) is 2.11. The van der Waals surface area contributed by atoms with Gasteiger partial charge in [0, 0.05) is 12.6 Å². The van der Waals surface area contributed by atoms with E-state index >= 15 is 0 Å². The van der Waals surface area contributed by atoms with E-state index < -0.39 is 0 Å². The molecular formula is C19H25N3O4S. The zero-order valence-electron chi connectivity index (χ0n) is 15.8. The first-order chi connectivity index (χ1) is 12.9. The number of anilines is 1. The number of hydrogen-bond donors (Lipinski definition) is 2. The fourth-order valence-corrected chi connectivity index (χ4v) is 2.76. The van der Waals surface area contributed by atoms with Gasteiger partial charge in [0.15, 0.2) is 5.82 Å². The zero-order valence-corrected chi connectivity index (χ0v) is 16.6. The third-order valence-corrected chi connectivity index (χ3v) is 4.39. The third kappa shape index (κ3) is 8.27. The molecule has 0 spiro atoms. The van der Waals surface area contributed by atoms with Crippen LogP contribution in [0.4, 0.5) is 5.82 Å². The molecule has 0 unspecified atom stereocenters. The van der Waals surface area contributed by atoms with Crippen LogP contribution in [0, 0.1) is 6.92 Å². The number of nitrogens with zero attached hydrogens (tertiary/aromatic N) is 1. The minimum atomic E-state index is -0.222. The molecule has 2 N–H and O–H groups in total. The predicted molar refractivity (Wildman–Crippen MR) is 105 cm³/mol. The molecule has 2 rings (SSSR count). The quantitative estimate of drug-likeness (QED) is 0.647. The Morgan fingerprint density at radius 3 is 2.44 bits per heavy atom. The molecule has 0 saturated heterocycles. The van der Waals surface area contributed by atoms with Crippen LogP contribution in [0.5, 0.6) is 0 Å². The second kappa shape index (κ2) is 10.7. The van der Waals surface area contributed by atoms with Crippen LogP contribution in [0.3, 0.4) is 0 Å². The Balaban J connectivity index is 1.62. The lowest BCUT2D eigenvalue weighted by Gasteiger charge is -2.09. The zero-order chi connectivity index (χ0) is 19.6. The molecule has 7 nitrogen and oxygen atoms in total. The summed E-state index contributed by atoms with van der Waals surface area (Å²) in [5.74, 6) is 1.05. The lowest BCUT2D eigenvalue weighted by molar-refractivity contribution is -0.118. The summed E-state index contributed by atoms with van der Waals surface area (Å²) in [6, 6.07) is 9.57. The van der Waals surface area contributed by atoms with E-state index in [2.05, 4.69) is 15.8 Å². The van der Waals surface area contributed by atoms with Gasteiger partial charge in [-0.05, 0) is 31.9 Å². The maximum Gasteiger partial charge on any atom is 0.235 e. The van der Waals surface area contributed by atoms with Crippen molar-refractivity contribution in [2.24, 2.45) is 0 Å². The van der Waals surface area contributed by atoms with Crippen LogP contribution in [-0.4, -0.2) is 34.6 Å². The number of rotatable bonds is 10. The average molecular weight is 391 g/mol. The average Bonchev–Trinajstić information content (AvgIpc) is 3.03. The van der Waals surface area contributed by atoms with Gasteiger partial charge in [0.2, 0.25) is 11.8 Å². The highest BCUT2D eigenvalue weighted by atomic mass is 32.2. The number of nitrogens with one attached hydrogen (secondary N) is 2. The molecule has 0 radical (unpaired) electrons. The lowest BCUT2D eigenvalue weighted by Crippen LogP contribution is -2.25. The van der Waals surface area contributed by atoms with E-state index in [4.69, 9.17) is 9.26 Å². The summed E-state index contributed by atoms with van der Waals surface area (Å²) < 4.78 is 10.4. The minimum absolute atomic E-state index is 0.114. The van der Waals surface area contributed by atoms with E-state index in [1.54, 1.807) is 13.0 Å². The molecule has 27 heavy (non-hydrogen) atoms. The monoisotopic (exact) mass is 391 g/mol. The summed E-state index contributed by atoms with van der Waals surface area (Å²) in [6.07, 6.45) is 0.198.